The van der Waals surface area contributed by atoms with E-state index in [1.54, 1.807) is 12.7 Å². The van der Waals surface area contributed by atoms with Crippen molar-refractivity contribution in [1.82, 2.24) is 19.9 Å². The van der Waals surface area contributed by atoms with Gasteiger partial charge in [0, 0.05) is 5.25 Å². The van der Waals surface area contributed by atoms with Crippen LogP contribution in [0.5, 0.6) is 0 Å². The molecule has 5 heteroatoms. The van der Waals surface area contributed by atoms with Crippen molar-refractivity contribution in [2.24, 2.45) is 5.41 Å². The topological polar surface area (TPSA) is 54.5 Å². The third-order valence-electron chi connectivity index (χ3n) is 3.74. The molecule has 2 aliphatic rings. The van der Waals surface area contributed by atoms with Gasteiger partial charge in [-0.3, -0.25) is 0 Å². The Morgan fingerprint density at radius 2 is 2.12 bits per heavy atom. The monoisotopic (exact) mass is 232 g/mol. The number of nitrogens with one attached hydrogen (secondary N) is 1. The number of hydrogen-bond donors (Lipinski definition) is 1. The zero-order valence-electron chi connectivity index (χ0n) is 8.81. The molecule has 0 amide bonds. The first kappa shape index (κ1) is 8.98. The molecule has 0 saturated heterocycles. The molecule has 2 heterocycles. The molecule has 2 saturated carbocycles. The average Bonchev–Trinajstić information content (AvgIpc) is 2.88. The molecular weight excluding hydrogens is 220 g/mol. The van der Waals surface area contributed by atoms with Gasteiger partial charge in [-0.25, -0.2) is 15.0 Å². The van der Waals surface area contributed by atoms with E-state index in [2.05, 4.69) is 19.9 Å². The molecule has 0 aliphatic heterocycles. The lowest BCUT2D eigenvalue weighted by atomic mass is 9.81. The van der Waals surface area contributed by atoms with Gasteiger partial charge in [0.25, 0.3) is 0 Å². The maximum Gasteiger partial charge on any atom is 0.181 e. The Hall–Kier alpha value is -1.10. The summed E-state index contributed by atoms with van der Waals surface area (Å²) in [6.07, 6.45) is 8.94. The molecule has 2 fully saturated rings. The van der Waals surface area contributed by atoms with Gasteiger partial charge < -0.3 is 4.98 Å². The summed E-state index contributed by atoms with van der Waals surface area (Å²) in [6.45, 7) is 0. The molecule has 1 spiro atoms. The maximum atomic E-state index is 4.35. The minimum atomic E-state index is 0.754. The minimum absolute atomic E-state index is 0.754. The summed E-state index contributed by atoms with van der Waals surface area (Å²) in [5.74, 6) is 0. The van der Waals surface area contributed by atoms with Gasteiger partial charge >= 0.3 is 0 Å². The second-order valence-corrected chi connectivity index (χ2v) is 6.22. The zero-order chi connectivity index (χ0) is 10.6. The minimum Gasteiger partial charge on any atom is -0.341 e. The van der Waals surface area contributed by atoms with Gasteiger partial charge in [-0.2, -0.15) is 0 Å². The lowest BCUT2D eigenvalue weighted by Crippen LogP contribution is -2.27. The quantitative estimate of drug-likeness (QED) is 0.808. The highest BCUT2D eigenvalue weighted by Crippen LogP contribution is 2.64. The molecule has 0 atom stereocenters. The Balaban J connectivity index is 1.59. The van der Waals surface area contributed by atoms with E-state index in [-0.39, 0.29) is 0 Å². The van der Waals surface area contributed by atoms with Crippen molar-refractivity contribution in [3.05, 3.63) is 12.7 Å². The highest BCUT2D eigenvalue weighted by atomic mass is 32.2. The van der Waals surface area contributed by atoms with Crippen LogP contribution in [0.25, 0.3) is 11.2 Å². The summed E-state index contributed by atoms with van der Waals surface area (Å²) in [4.78, 5) is 15.7. The molecule has 2 aromatic heterocycles. The van der Waals surface area contributed by atoms with Gasteiger partial charge in [0.1, 0.15) is 16.9 Å². The van der Waals surface area contributed by atoms with E-state index in [0.717, 1.165) is 26.9 Å². The number of nitrogens with zero attached hydrogens (tertiary/aromatic N) is 3. The first-order valence-electron chi connectivity index (χ1n) is 5.65. The second kappa shape index (κ2) is 2.97. The van der Waals surface area contributed by atoms with Crippen molar-refractivity contribution < 1.29 is 0 Å². The van der Waals surface area contributed by atoms with Crippen molar-refractivity contribution in [3.63, 3.8) is 0 Å². The lowest BCUT2D eigenvalue weighted by Gasteiger charge is -2.34. The molecule has 2 aromatic rings. The van der Waals surface area contributed by atoms with Crippen LogP contribution in [-0.4, -0.2) is 25.2 Å². The van der Waals surface area contributed by atoms with Crippen LogP contribution < -0.4 is 0 Å². The number of aromatic nitrogens is 4. The lowest BCUT2D eigenvalue weighted by molar-refractivity contribution is 0.302. The Labute approximate surface area is 97.3 Å². The van der Waals surface area contributed by atoms with Gasteiger partial charge in [0.05, 0.1) is 6.33 Å². The molecule has 4 nitrogen and oxygen atoms in total. The van der Waals surface area contributed by atoms with Gasteiger partial charge in [0.2, 0.25) is 0 Å². The smallest absolute Gasteiger partial charge is 0.181 e. The van der Waals surface area contributed by atoms with Crippen LogP contribution >= 0.6 is 11.8 Å². The predicted molar refractivity (Wildman–Crippen MR) is 62.2 cm³/mol. The van der Waals surface area contributed by atoms with Crippen molar-refractivity contribution in [1.29, 1.82) is 0 Å². The van der Waals surface area contributed by atoms with Gasteiger partial charge in [0.15, 0.2) is 5.65 Å². The zero-order valence-corrected chi connectivity index (χ0v) is 9.63. The summed E-state index contributed by atoms with van der Waals surface area (Å²) in [5, 5.41) is 1.81. The van der Waals surface area contributed by atoms with Crippen LogP contribution in [0.2, 0.25) is 0 Å². The molecule has 0 unspecified atom stereocenters. The van der Waals surface area contributed by atoms with Crippen LogP contribution in [0.4, 0.5) is 0 Å². The molecule has 0 aromatic carbocycles. The summed E-state index contributed by atoms with van der Waals surface area (Å²) >= 11 is 1.88. The molecular formula is C11H12N4S. The summed E-state index contributed by atoms with van der Waals surface area (Å²) < 4.78 is 0. The standard InChI is InChI=1S/C11H12N4S/c1-2-11(1)3-7(4-11)16-10-8-9(13-5-12-8)14-6-15-10/h5-7H,1-4H2,(H,12,13,14,15). The van der Waals surface area contributed by atoms with Gasteiger partial charge in [-0.15, -0.1) is 11.8 Å². The van der Waals surface area contributed by atoms with E-state index in [9.17, 15) is 0 Å². The summed E-state index contributed by atoms with van der Waals surface area (Å²) in [6, 6.07) is 0. The molecule has 0 bridgehead atoms. The SMILES string of the molecule is c1nc(SC2CC3(CC3)C2)c2[nH]cnc2n1. The number of aromatic amines is 1. The fraction of sp³-hybridized carbons (Fsp3) is 0.545. The van der Waals surface area contributed by atoms with E-state index < -0.39 is 0 Å². The number of fused-ring (bicyclic) bond motifs is 1. The van der Waals surface area contributed by atoms with E-state index in [1.807, 2.05) is 11.8 Å². The molecule has 4 rings (SSSR count). The third kappa shape index (κ3) is 1.27. The van der Waals surface area contributed by atoms with E-state index >= 15 is 0 Å². The van der Waals surface area contributed by atoms with E-state index in [1.165, 1.54) is 25.7 Å². The van der Waals surface area contributed by atoms with Crippen LogP contribution in [0.15, 0.2) is 17.7 Å². The summed E-state index contributed by atoms with van der Waals surface area (Å²) in [5.41, 5.74) is 2.53. The molecule has 0 radical (unpaired) electrons. The van der Waals surface area contributed by atoms with Crippen LogP contribution in [0.3, 0.4) is 0 Å². The number of rotatable bonds is 2. The highest BCUT2D eigenvalue weighted by molar-refractivity contribution is 8.00. The van der Waals surface area contributed by atoms with Crippen LogP contribution in [-0.2, 0) is 0 Å². The Bertz CT molecular complexity index is 538. The Morgan fingerprint density at radius 1 is 1.25 bits per heavy atom. The Morgan fingerprint density at radius 3 is 2.94 bits per heavy atom. The van der Waals surface area contributed by atoms with Gasteiger partial charge in [-0.05, 0) is 31.1 Å². The largest absolute Gasteiger partial charge is 0.341 e. The molecule has 2 aliphatic carbocycles. The fourth-order valence-electron chi connectivity index (χ4n) is 2.56. The number of hydrogen-bond acceptors (Lipinski definition) is 4. The Kier molecular flexibility index (Phi) is 1.67. The third-order valence-corrected chi connectivity index (χ3v) is 4.94. The average molecular weight is 232 g/mol. The predicted octanol–water partition coefficient (Wildman–Crippen LogP) is 2.39. The van der Waals surface area contributed by atoms with Crippen LogP contribution in [0, 0.1) is 5.41 Å². The first-order chi connectivity index (χ1) is 7.85. The van der Waals surface area contributed by atoms with Crippen LogP contribution in [0.1, 0.15) is 25.7 Å². The number of imidazole rings is 1. The summed E-state index contributed by atoms with van der Waals surface area (Å²) in [7, 11) is 0. The van der Waals surface area contributed by atoms with Gasteiger partial charge in [-0.1, -0.05) is 0 Å². The normalized spacial score (nSPS) is 22.5. The van der Waals surface area contributed by atoms with E-state index in [4.69, 9.17) is 0 Å². The highest BCUT2D eigenvalue weighted by Gasteiger charge is 2.53. The molecule has 1 N–H and O–H groups in total. The fourth-order valence-corrected chi connectivity index (χ4v) is 4.13. The first-order valence-corrected chi connectivity index (χ1v) is 6.53. The molecule has 16 heavy (non-hydrogen) atoms. The number of thioether (sulfide) groups is 1. The maximum absolute atomic E-state index is 4.35. The second-order valence-electron chi connectivity index (χ2n) is 4.93. The van der Waals surface area contributed by atoms with Crippen molar-refractivity contribution in [2.45, 2.75) is 36.0 Å². The van der Waals surface area contributed by atoms with Crippen molar-refractivity contribution >= 4 is 22.9 Å². The van der Waals surface area contributed by atoms with E-state index in [0.29, 0.717) is 0 Å². The van der Waals surface area contributed by atoms with Crippen molar-refractivity contribution in [2.75, 3.05) is 0 Å². The van der Waals surface area contributed by atoms with Crippen molar-refractivity contribution in [3.8, 4) is 0 Å². The number of H-pyrrole nitrogens is 1. The molecule has 82 valence electrons.